The van der Waals surface area contributed by atoms with Gasteiger partial charge in [0.05, 0.1) is 0 Å². The predicted octanol–water partition coefficient (Wildman–Crippen LogP) is 5.50. The lowest BCUT2D eigenvalue weighted by atomic mass is 10.0. The summed E-state index contributed by atoms with van der Waals surface area (Å²) in [6.07, 6.45) is 0. The minimum Gasteiger partial charge on any atom is -0.467 e. The molecule has 0 amide bonds. The van der Waals surface area contributed by atoms with Crippen molar-refractivity contribution in [1.29, 1.82) is 0 Å². The van der Waals surface area contributed by atoms with Crippen LogP contribution in [0.3, 0.4) is 0 Å². The minimum absolute atomic E-state index is 0.232. The Bertz CT molecular complexity index is 784. The zero-order valence-electron chi connectivity index (χ0n) is 10.8. The summed E-state index contributed by atoms with van der Waals surface area (Å²) in [5.41, 5.74) is 0. The Kier molecular flexibility index (Phi) is 3.96. The molecule has 0 heterocycles. The van der Waals surface area contributed by atoms with Crippen molar-refractivity contribution in [3.8, 4) is 5.75 Å². The maximum atomic E-state index is 5.68. The highest BCUT2D eigenvalue weighted by atomic mass is 79.9. The van der Waals surface area contributed by atoms with Crippen LogP contribution in [0.25, 0.3) is 21.5 Å². The molecule has 0 aromatic heterocycles. The van der Waals surface area contributed by atoms with Crippen LogP contribution in [0.1, 0.15) is 0 Å². The fourth-order valence-electron chi connectivity index (χ4n) is 2.33. The third kappa shape index (κ3) is 2.22. The quantitative estimate of drug-likeness (QED) is 0.430. The topological polar surface area (TPSA) is 18.5 Å². The molecule has 4 heteroatoms. The van der Waals surface area contributed by atoms with E-state index in [1.54, 1.807) is 7.11 Å². The molecule has 0 N–H and O–H groups in total. The zero-order valence-corrected chi connectivity index (χ0v) is 14.0. The molecule has 2 nitrogen and oxygen atoms in total. The molecule has 0 fully saturated rings. The lowest BCUT2D eigenvalue weighted by Gasteiger charge is -2.14. The number of hydrogen-bond acceptors (Lipinski definition) is 2. The van der Waals surface area contributed by atoms with Crippen molar-refractivity contribution in [2.45, 2.75) is 0 Å². The highest BCUT2D eigenvalue weighted by Gasteiger charge is 2.14. The third-order valence-electron chi connectivity index (χ3n) is 3.21. The van der Waals surface area contributed by atoms with Crippen LogP contribution in [-0.4, -0.2) is 13.9 Å². The molecule has 0 atom stereocenters. The summed E-state index contributed by atoms with van der Waals surface area (Å²) in [7, 11) is 1.62. The van der Waals surface area contributed by atoms with Gasteiger partial charge >= 0.3 is 0 Å². The number of ether oxygens (including phenoxy) is 2. The average Bonchev–Trinajstić information content (AvgIpc) is 2.50. The summed E-state index contributed by atoms with van der Waals surface area (Å²) < 4.78 is 12.8. The summed E-state index contributed by atoms with van der Waals surface area (Å²) in [5.74, 6) is 0.808. The van der Waals surface area contributed by atoms with Gasteiger partial charge in [-0.3, -0.25) is 0 Å². The minimum atomic E-state index is 0.232. The third-order valence-corrected chi connectivity index (χ3v) is 4.89. The summed E-state index contributed by atoms with van der Waals surface area (Å²) in [6.45, 7) is 0.232. The van der Waals surface area contributed by atoms with Crippen LogP contribution in [0, 0.1) is 0 Å². The Morgan fingerprint density at radius 2 is 1.50 bits per heavy atom. The number of rotatable bonds is 3. The number of halogens is 2. The van der Waals surface area contributed by atoms with E-state index >= 15 is 0 Å². The number of hydrogen-bond donors (Lipinski definition) is 0. The molecule has 3 aromatic rings. The second kappa shape index (κ2) is 5.72. The van der Waals surface area contributed by atoms with Crippen molar-refractivity contribution in [3.05, 3.63) is 51.4 Å². The molecular weight excluding hydrogens is 384 g/mol. The van der Waals surface area contributed by atoms with E-state index in [9.17, 15) is 0 Å². The molecule has 20 heavy (non-hydrogen) atoms. The maximum absolute atomic E-state index is 5.68. The van der Waals surface area contributed by atoms with E-state index in [2.05, 4.69) is 50.1 Å². The van der Waals surface area contributed by atoms with Gasteiger partial charge in [-0.1, -0.05) is 36.4 Å². The first-order chi connectivity index (χ1) is 9.74. The molecule has 3 aromatic carbocycles. The lowest BCUT2D eigenvalue weighted by Crippen LogP contribution is -1.99. The van der Waals surface area contributed by atoms with Crippen molar-refractivity contribution >= 4 is 53.4 Å². The van der Waals surface area contributed by atoms with E-state index in [-0.39, 0.29) is 6.79 Å². The first-order valence-electron chi connectivity index (χ1n) is 6.14. The number of methoxy groups -OCH3 is 1. The van der Waals surface area contributed by atoms with E-state index in [0.717, 1.165) is 30.9 Å². The molecule has 0 spiro atoms. The van der Waals surface area contributed by atoms with E-state index < -0.39 is 0 Å². The van der Waals surface area contributed by atoms with Gasteiger partial charge in [0, 0.05) is 26.8 Å². The Morgan fingerprint density at radius 1 is 0.850 bits per heavy atom. The van der Waals surface area contributed by atoms with Gasteiger partial charge in [0.25, 0.3) is 0 Å². The van der Waals surface area contributed by atoms with Crippen molar-refractivity contribution in [2.24, 2.45) is 0 Å². The summed E-state index contributed by atoms with van der Waals surface area (Å²) in [5, 5.41) is 4.50. The van der Waals surface area contributed by atoms with Gasteiger partial charge in [0.15, 0.2) is 6.79 Å². The van der Waals surface area contributed by atoms with E-state index in [4.69, 9.17) is 9.47 Å². The van der Waals surface area contributed by atoms with Crippen molar-refractivity contribution < 1.29 is 9.47 Å². The van der Waals surface area contributed by atoms with Gasteiger partial charge in [-0.25, -0.2) is 0 Å². The highest BCUT2D eigenvalue weighted by molar-refractivity contribution is 9.11. The number of benzene rings is 3. The molecule has 0 aliphatic rings. The molecule has 3 rings (SSSR count). The van der Waals surface area contributed by atoms with Crippen molar-refractivity contribution in [2.75, 3.05) is 13.9 Å². The van der Waals surface area contributed by atoms with Gasteiger partial charge in [-0.05, 0) is 48.7 Å². The molecule has 0 aliphatic carbocycles. The van der Waals surface area contributed by atoms with E-state index in [0.29, 0.717) is 0 Å². The van der Waals surface area contributed by atoms with E-state index in [1.807, 2.05) is 24.3 Å². The average molecular weight is 396 g/mol. The van der Waals surface area contributed by atoms with Crippen molar-refractivity contribution in [1.82, 2.24) is 0 Å². The largest absolute Gasteiger partial charge is 0.467 e. The predicted molar refractivity (Wildman–Crippen MR) is 89.4 cm³/mol. The second-order valence-corrected chi connectivity index (χ2v) is 5.99. The van der Waals surface area contributed by atoms with Crippen LogP contribution in [0.2, 0.25) is 0 Å². The first-order valence-corrected chi connectivity index (χ1v) is 7.73. The van der Waals surface area contributed by atoms with Gasteiger partial charge in [0.2, 0.25) is 0 Å². The van der Waals surface area contributed by atoms with E-state index in [1.165, 1.54) is 5.39 Å². The van der Waals surface area contributed by atoms with Crippen LogP contribution in [0.15, 0.2) is 51.4 Å². The Balaban J connectivity index is 2.40. The smallest absolute Gasteiger partial charge is 0.188 e. The fraction of sp³-hybridized carbons (Fsp3) is 0.125. The molecule has 0 saturated heterocycles. The Labute approximate surface area is 133 Å². The first kappa shape index (κ1) is 13.9. The van der Waals surface area contributed by atoms with Gasteiger partial charge < -0.3 is 9.47 Å². The normalized spacial score (nSPS) is 11.2. The van der Waals surface area contributed by atoms with Gasteiger partial charge in [-0.15, -0.1) is 0 Å². The van der Waals surface area contributed by atoms with Crippen molar-refractivity contribution in [3.63, 3.8) is 0 Å². The van der Waals surface area contributed by atoms with Gasteiger partial charge in [-0.2, -0.15) is 0 Å². The van der Waals surface area contributed by atoms with Gasteiger partial charge in [0.1, 0.15) is 5.75 Å². The summed E-state index contributed by atoms with van der Waals surface area (Å²) >= 11 is 7.43. The summed E-state index contributed by atoms with van der Waals surface area (Å²) in [4.78, 5) is 0. The van der Waals surface area contributed by atoms with Crippen LogP contribution >= 0.6 is 31.9 Å². The Hall–Kier alpha value is -1.10. The molecule has 102 valence electrons. The monoisotopic (exact) mass is 394 g/mol. The Morgan fingerprint density at radius 3 is 2.20 bits per heavy atom. The lowest BCUT2D eigenvalue weighted by molar-refractivity contribution is 0.0522. The molecule has 0 saturated carbocycles. The SMILES string of the molecule is COCOc1cccc2c(Br)c3ccccc3c(Br)c12. The van der Waals surface area contributed by atoms with Crippen LogP contribution in [-0.2, 0) is 4.74 Å². The zero-order chi connectivity index (χ0) is 14.1. The molecule has 0 radical (unpaired) electrons. The molecular formula is C16H12Br2O2. The summed E-state index contributed by atoms with van der Waals surface area (Å²) in [6, 6.07) is 14.3. The fourth-order valence-corrected chi connectivity index (χ4v) is 3.76. The molecule has 0 bridgehead atoms. The maximum Gasteiger partial charge on any atom is 0.188 e. The molecule has 0 unspecified atom stereocenters. The van der Waals surface area contributed by atoms with Crippen LogP contribution in [0.5, 0.6) is 5.75 Å². The second-order valence-electron chi connectivity index (χ2n) is 4.40. The number of fused-ring (bicyclic) bond motifs is 2. The highest BCUT2D eigenvalue weighted by Crippen LogP contribution is 2.42. The van der Waals surface area contributed by atoms with Crippen LogP contribution < -0.4 is 4.74 Å². The molecule has 0 aliphatic heterocycles. The van der Waals surface area contributed by atoms with Crippen LogP contribution in [0.4, 0.5) is 0 Å². The standard InChI is InChI=1S/C16H12Br2O2/c1-19-9-20-13-8-4-7-12-14(13)16(18)11-6-3-2-5-10(11)15(12)17/h2-8H,9H2,1H3.